The number of rotatable bonds is 6. The summed E-state index contributed by atoms with van der Waals surface area (Å²) in [6.07, 6.45) is 4.03. The van der Waals surface area contributed by atoms with Gasteiger partial charge in [-0.15, -0.1) is 5.10 Å². The molecule has 9 heteroatoms. The highest BCUT2D eigenvalue weighted by atomic mass is 79.9. The van der Waals surface area contributed by atoms with Crippen LogP contribution in [0.3, 0.4) is 0 Å². The van der Waals surface area contributed by atoms with Crippen LogP contribution in [0.25, 0.3) is 5.65 Å². The molecule has 0 saturated heterocycles. The number of nitrogens with zero attached hydrogens (tertiary/aromatic N) is 4. The fourth-order valence-electron chi connectivity index (χ4n) is 3.19. The second-order valence-electron chi connectivity index (χ2n) is 6.94. The molecule has 0 saturated carbocycles. The first-order valence-corrected chi connectivity index (χ1v) is 11.3. The number of amides is 1. The van der Waals surface area contributed by atoms with Crippen LogP contribution in [0.1, 0.15) is 18.1 Å². The zero-order valence-electron chi connectivity index (χ0n) is 17.0. The third-order valence-electron chi connectivity index (χ3n) is 4.79. The van der Waals surface area contributed by atoms with Crippen molar-refractivity contribution in [2.75, 3.05) is 5.32 Å². The zero-order valence-corrected chi connectivity index (χ0v) is 19.4. The molecular weight excluding hydrogens is 478 g/mol. The second kappa shape index (κ2) is 9.07. The molecular formula is C22H20BrN5O2S. The van der Waals surface area contributed by atoms with E-state index in [0.29, 0.717) is 16.4 Å². The molecule has 0 bridgehead atoms. The first-order chi connectivity index (χ1) is 15.0. The Morgan fingerprint density at radius 1 is 1.23 bits per heavy atom. The maximum Gasteiger partial charge on any atom is 0.350 e. The number of hydrogen-bond acceptors (Lipinski definition) is 5. The molecule has 4 rings (SSSR count). The Morgan fingerprint density at radius 3 is 2.81 bits per heavy atom. The van der Waals surface area contributed by atoms with Crippen LogP contribution in [0.4, 0.5) is 5.69 Å². The number of carbonyl (C=O) groups is 1. The van der Waals surface area contributed by atoms with Crippen molar-refractivity contribution in [2.24, 2.45) is 0 Å². The summed E-state index contributed by atoms with van der Waals surface area (Å²) in [4.78, 5) is 30.8. The van der Waals surface area contributed by atoms with Crippen molar-refractivity contribution in [2.45, 2.75) is 36.7 Å². The van der Waals surface area contributed by atoms with Crippen molar-refractivity contribution >= 4 is 44.9 Å². The maximum absolute atomic E-state index is 12.8. The van der Waals surface area contributed by atoms with E-state index in [1.165, 1.54) is 21.7 Å². The molecule has 0 fully saturated rings. The normalized spacial score (nSPS) is 11.1. The Bertz CT molecular complexity index is 1330. The van der Waals surface area contributed by atoms with E-state index in [4.69, 9.17) is 0 Å². The minimum Gasteiger partial charge on any atom is -0.324 e. The Morgan fingerprint density at radius 2 is 2.03 bits per heavy atom. The number of benzene rings is 2. The highest BCUT2D eigenvalue weighted by Gasteiger charge is 2.16. The van der Waals surface area contributed by atoms with E-state index in [1.54, 1.807) is 12.4 Å². The highest BCUT2D eigenvalue weighted by Crippen LogP contribution is 2.31. The molecule has 0 aliphatic carbocycles. The van der Waals surface area contributed by atoms with E-state index in [9.17, 15) is 9.59 Å². The average Bonchev–Trinajstić information content (AvgIpc) is 3.07. The Balaban J connectivity index is 1.61. The summed E-state index contributed by atoms with van der Waals surface area (Å²) in [5, 5.41) is 7.85. The van der Waals surface area contributed by atoms with Gasteiger partial charge in [-0.2, -0.15) is 0 Å². The number of aromatic nitrogens is 4. The van der Waals surface area contributed by atoms with E-state index in [0.717, 1.165) is 26.0 Å². The van der Waals surface area contributed by atoms with E-state index >= 15 is 0 Å². The first kappa shape index (κ1) is 21.3. The van der Waals surface area contributed by atoms with Gasteiger partial charge in [-0.3, -0.25) is 4.79 Å². The molecule has 158 valence electrons. The predicted octanol–water partition coefficient (Wildman–Crippen LogP) is 4.31. The van der Waals surface area contributed by atoms with Crippen molar-refractivity contribution in [1.82, 2.24) is 19.2 Å². The number of nitrogens with one attached hydrogen (secondary N) is 1. The lowest BCUT2D eigenvalue weighted by molar-refractivity contribution is -0.117. The van der Waals surface area contributed by atoms with Crippen LogP contribution in [0.2, 0.25) is 0 Å². The third kappa shape index (κ3) is 4.57. The zero-order chi connectivity index (χ0) is 22.0. The molecule has 2 aromatic heterocycles. The summed E-state index contributed by atoms with van der Waals surface area (Å²) >= 11 is 4.87. The molecule has 2 aromatic carbocycles. The van der Waals surface area contributed by atoms with Gasteiger partial charge in [0.1, 0.15) is 11.6 Å². The molecule has 1 N–H and O–H groups in total. The molecule has 0 unspecified atom stereocenters. The summed E-state index contributed by atoms with van der Waals surface area (Å²) in [5.74, 6) is -0.325. The fraction of sp³-hybridized carbons (Fsp3) is 0.182. The first-order valence-electron chi connectivity index (χ1n) is 9.72. The van der Waals surface area contributed by atoms with Gasteiger partial charge in [0.25, 0.3) is 0 Å². The Hall–Kier alpha value is -2.91. The monoisotopic (exact) mass is 497 g/mol. The molecule has 0 spiro atoms. The maximum atomic E-state index is 12.8. The number of anilines is 1. The summed E-state index contributed by atoms with van der Waals surface area (Å²) in [6, 6.07) is 13.6. The van der Waals surface area contributed by atoms with E-state index in [-0.39, 0.29) is 18.1 Å². The van der Waals surface area contributed by atoms with Gasteiger partial charge in [-0.25, -0.2) is 18.9 Å². The van der Waals surface area contributed by atoms with E-state index < -0.39 is 0 Å². The molecule has 2 heterocycles. The molecule has 7 nitrogen and oxygen atoms in total. The lowest BCUT2D eigenvalue weighted by Crippen LogP contribution is -2.28. The fourth-order valence-corrected chi connectivity index (χ4v) is 4.71. The largest absolute Gasteiger partial charge is 0.350 e. The topological polar surface area (TPSA) is 81.3 Å². The van der Waals surface area contributed by atoms with Gasteiger partial charge in [0.05, 0.1) is 0 Å². The summed E-state index contributed by atoms with van der Waals surface area (Å²) in [7, 11) is 0. The van der Waals surface area contributed by atoms with Crippen molar-refractivity contribution in [3.8, 4) is 0 Å². The Kier molecular flexibility index (Phi) is 6.24. The van der Waals surface area contributed by atoms with Gasteiger partial charge < -0.3 is 5.32 Å². The number of carbonyl (C=O) groups excluding carboxylic acids is 1. The lowest BCUT2D eigenvalue weighted by Gasteiger charge is -2.08. The van der Waals surface area contributed by atoms with Gasteiger partial charge in [0, 0.05) is 27.4 Å². The van der Waals surface area contributed by atoms with E-state index in [1.807, 2.05) is 43.3 Å². The molecule has 0 atom stereocenters. The van der Waals surface area contributed by atoms with Crippen molar-refractivity contribution in [3.63, 3.8) is 0 Å². The molecule has 0 aliphatic rings. The molecule has 31 heavy (non-hydrogen) atoms. The van der Waals surface area contributed by atoms with Crippen LogP contribution < -0.4 is 11.0 Å². The van der Waals surface area contributed by atoms with Gasteiger partial charge in [0.2, 0.25) is 5.91 Å². The van der Waals surface area contributed by atoms with Gasteiger partial charge in [-0.1, -0.05) is 52.8 Å². The van der Waals surface area contributed by atoms with Crippen LogP contribution >= 0.6 is 27.7 Å². The van der Waals surface area contributed by atoms with Gasteiger partial charge in [0.15, 0.2) is 5.65 Å². The standard InChI is InChI=1S/C22H20BrN5O2S/c1-3-15-6-4-5-7-18(15)31-21-20-26-28(22(30)27(20)11-10-24-21)13-19(29)25-17-9-8-16(23)12-14(17)2/h4-12H,3,13H2,1-2H3,(H,25,29). The second-order valence-corrected chi connectivity index (χ2v) is 8.88. The number of fused-ring (bicyclic) bond motifs is 1. The van der Waals surface area contributed by atoms with Gasteiger partial charge in [-0.05, 0) is 48.7 Å². The quantitative estimate of drug-likeness (QED) is 0.429. The summed E-state index contributed by atoms with van der Waals surface area (Å²) in [5.41, 5.74) is 2.85. The molecule has 1 amide bonds. The smallest absolute Gasteiger partial charge is 0.324 e. The summed E-state index contributed by atoms with van der Waals surface area (Å²) < 4.78 is 3.51. The van der Waals surface area contributed by atoms with Crippen LogP contribution in [-0.2, 0) is 17.8 Å². The van der Waals surface area contributed by atoms with Crippen molar-refractivity contribution in [3.05, 3.63) is 80.9 Å². The summed E-state index contributed by atoms with van der Waals surface area (Å²) in [6.45, 7) is 3.81. The van der Waals surface area contributed by atoms with Crippen molar-refractivity contribution < 1.29 is 4.79 Å². The van der Waals surface area contributed by atoms with Crippen LogP contribution in [0, 0.1) is 6.92 Å². The molecule has 0 radical (unpaired) electrons. The third-order valence-corrected chi connectivity index (χ3v) is 6.38. The predicted molar refractivity (Wildman–Crippen MR) is 125 cm³/mol. The molecule has 0 aliphatic heterocycles. The van der Waals surface area contributed by atoms with Crippen LogP contribution in [-0.4, -0.2) is 25.1 Å². The SMILES string of the molecule is CCc1ccccc1Sc1nccn2c(=O)n(CC(=O)Nc3ccc(Br)cc3C)nc12. The number of halogens is 1. The van der Waals surface area contributed by atoms with Crippen LogP contribution in [0.15, 0.2) is 74.0 Å². The average molecular weight is 498 g/mol. The van der Waals surface area contributed by atoms with Gasteiger partial charge >= 0.3 is 5.69 Å². The number of hydrogen-bond donors (Lipinski definition) is 1. The Labute approximate surface area is 191 Å². The lowest BCUT2D eigenvalue weighted by atomic mass is 10.2. The van der Waals surface area contributed by atoms with E-state index in [2.05, 4.69) is 44.3 Å². The number of aryl methyl sites for hydroxylation is 2. The minimum absolute atomic E-state index is 0.189. The highest BCUT2D eigenvalue weighted by molar-refractivity contribution is 9.10. The van der Waals surface area contributed by atoms with Crippen LogP contribution in [0.5, 0.6) is 0 Å². The minimum atomic E-state index is -0.384. The molecule has 4 aromatic rings. The van der Waals surface area contributed by atoms with Crippen molar-refractivity contribution in [1.29, 1.82) is 0 Å².